The summed E-state index contributed by atoms with van der Waals surface area (Å²) in [7, 11) is 1.59. The standard InChI is InChI=1S/C10H15N3O4/c1-4-12(3)7(14)5-13-9(16)6(2)8(15)11-10(13)17/h16H,4-5H2,1-3H3,(H,11,15,17). The molecule has 0 aromatic carbocycles. The molecule has 94 valence electrons. The highest BCUT2D eigenvalue weighted by Crippen LogP contribution is 2.07. The van der Waals surface area contributed by atoms with Crippen LogP contribution in [-0.4, -0.2) is 39.1 Å². The Morgan fingerprint density at radius 1 is 1.47 bits per heavy atom. The van der Waals surface area contributed by atoms with Gasteiger partial charge in [0, 0.05) is 13.6 Å². The molecule has 0 atom stereocenters. The normalized spacial score (nSPS) is 10.3. The van der Waals surface area contributed by atoms with Crippen molar-refractivity contribution in [1.82, 2.24) is 14.5 Å². The molecule has 7 nitrogen and oxygen atoms in total. The van der Waals surface area contributed by atoms with Gasteiger partial charge in [0.15, 0.2) is 0 Å². The molecule has 0 aliphatic rings. The number of carbonyl (C=O) groups is 1. The van der Waals surface area contributed by atoms with Crippen molar-refractivity contribution in [2.24, 2.45) is 0 Å². The van der Waals surface area contributed by atoms with Crippen LogP contribution in [-0.2, 0) is 11.3 Å². The predicted octanol–water partition coefficient (Wildman–Crippen LogP) is -0.971. The monoisotopic (exact) mass is 241 g/mol. The van der Waals surface area contributed by atoms with Crippen LogP contribution in [0.25, 0.3) is 0 Å². The van der Waals surface area contributed by atoms with Gasteiger partial charge in [-0.3, -0.25) is 19.1 Å². The Labute approximate surface area is 97.3 Å². The summed E-state index contributed by atoms with van der Waals surface area (Å²) in [6, 6.07) is 0. The second kappa shape index (κ2) is 4.86. The Bertz CT molecular complexity index is 543. The van der Waals surface area contributed by atoms with E-state index in [4.69, 9.17) is 0 Å². The van der Waals surface area contributed by atoms with E-state index < -0.39 is 17.1 Å². The van der Waals surface area contributed by atoms with E-state index >= 15 is 0 Å². The van der Waals surface area contributed by atoms with Crippen molar-refractivity contribution in [3.63, 3.8) is 0 Å². The summed E-state index contributed by atoms with van der Waals surface area (Å²) in [4.78, 5) is 37.6. The van der Waals surface area contributed by atoms with Gasteiger partial charge in [-0.05, 0) is 13.8 Å². The summed E-state index contributed by atoms with van der Waals surface area (Å²) in [6.45, 7) is 3.36. The van der Waals surface area contributed by atoms with Crippen LogP contribution in [0.1, 0.15) is 12.5 Å². The number of amides is 1. The van der Waals surface area contributed by atoms with Crippen LogP contribution in [0.5, 0.6) is 5.88 Å². The molecular weight excluding hydrogens is 226 g/mol. The van der Waals surface area contributed by atoms with Gasteiger partial charge in [-0.15, -0.1) is 0 Å². The quantitative estimate of drug-likeness (QED) is 0.711. The van der Waals surface area contributed by atoms with Crippen molar-refractivity contribution >= 4 is 5.91 Å². The Balaban J connectivity index is 3.17. The summed E-state index contributed by atoms with van der Waals surface area (Å²) in [6.07, 6.45) is 0. The minimum Gasteiger partial charge on any atom is -0.494 e. The molecule has 1 rings (SSSR count). The van der Waals surface area contributed by atoms with Crippen LogP contribution >= 0.6 is 0 Å². The van der Waals surface area contributed by atoms with Gasteiger partial charge in [-0.1, -0.05) is 0 Å². The van der Waals surface area contributed by atoms with Crippen molar-refractivity contribution in [2.75, 3.05) is 13.6 Å². The zero-order chi connectivity index (χ0) is 13.2. The number of rotatable bonds is 3. The van der Waals surface area contributed by atoms with Crippen LogP contribution in [0.15, 0.2) is 9.59 Å². The van der Waals surface area contributed by atoms with Crippen molar-refractivity contribution in [3.05, 3.63) is 26.4 Å². The number of aromatic amines is 1. The minimum absolute atomic E-state index is 0.0107. The van der Waals surface area contributed by atoms with Gasteiger partial charge in [-0.25, -0.2) is 4.79 Å². The molecule has 1 heterocycles. The topological polar surface area (TPSA) is 95.4 Å². The van der Waals surface area contributed by atoms with Gasteiger partial charge in [0.05, 0.1) is 5.56 Å². The van der Waals surface area contributed by atoms with Crippen molar-refractivity contribution in [1.29, 1.82) is 0 Å². The van der Waals surface area contributed by atoms with E-state index in [1.807, 2.05) is 4.98 Å². The van der Waals surface area contributed by atoms with Gasteiger partial charge in [0.25, 0.3) is 5.56 Å². The second-order valence-electron chi connectivity index (χ2n) is 3.70. The maximum absolute atomic E-state index is 11.6. The van der Waals surface area contributed by atoms with Crippen LogP contribution in [0.3, 0.4) is 0 Å². The van der Waals surface area contributed by atoms with Gasteiger partial charge >= 0.3 is 5.69 Å². The molecule has 0 saturated carbocycles. The van der Waals surface area contributed by atoms with E-state index in [1.54, 1.807) is 14.0 Å². The fraction of sp³-hybridized carbons (Fsp3) is 0.500. The lowest BCUT2D eigenvalue weighted by atomic mass is 10.3. The van der Waals surface area contributed by atoms with Gasteiger partial charge in [0.1, 0.15) is 6.54 Å². The highest BCUT2D eigenvalue weighted by atomic mass is 16.3. The van der Waals surface area contributed by atoms with Gasteiger partial charge in [-0.2, -0.15) is 0 Å². The average molecular weight is 241 g/mol. The summed E-state index contributed by atoms with van der Waals surface area (Å²) in [5.41, 5.74) is -1.44. The van der Waals surface area contributed by atoms with E-state index in [0.29, 0.717) is 6.54 Å². The Morgan fingerprint density at radius 3 is 2.59 bits per heavy atom. The highest BCUT2D eigenvalue weighted by molar-refractivity contribution is 5.75. The first kappa shape index (κ1) is 13.0. The first-order chi connectivity index (χ1) is 7.88. The Morgan fingerprint density at radius 2 is 2.06 bits per heavy atom. The van der Waals surface area contributed by atoms with Crippen LogP contribution in [0.4, 0.5) is 0 Å². The third-order valence-electron chi connectivity index (χ3n) is 2.59. The lowest BCUT2D eigenvalue weighted by molar-refractivity contribution is -0.130. The zero-order valence-electron chi connectivity index (χ0n) is 9.98. The molecule has 17 heavy (non-hydrogen) atoms. The minimum atomic E-state index is -0.795. The van der Waals surface area contributed by atoms with Crippen LogP contribution in [0.2, 0.25) is 0 Å². The first-order valence-electron chi connectivity index (χ1n) is 5.15. The molecule has 0 bridgehead atoms. The summed E-state index contributed by atoms with van der Waals surface area (Å²) in [5, 5.41) is 9.63. The zero-order valence-corrected chi connectivity index (χ0v) is 9.98. The Hall–Kier alpha value is -2.05. The SMILES string of the molecule is CCN(C)C(=O)Cn1c(O)c(C)c(=O)[nH]c1=O. The lowest BCUT2D eigenvalue weighted by Crippen LogP contribution is -2.37. The molecule has 0 aliphatic heterocycles. The van der Waals surface area contributed by atoms with E-state index in [2.05, 4.69) is 0 Å². The van der Waals surface area contributed by atoms with E-state index in [0.717, 1.165) is 4.57 Å². The van der Waals surface area contributed by atoms with Gasteiger partial charge < -0.3 is 10.0 Å². The van der Waals surface area contributed by atoms with Gasteiger partial charge in [0.2, 0.25) is 11.8 Å². The molecule has 0 saturated heterocycles. The molecule has 1 amide bonds. The molecule has 0 aliphatic carbocycles. The average Bonchev–Trinajstić information content (AvgIpc) is 2.30. The third kappa shape index (κ3) is 2.55. The van der Waals surface area contributed by atoms with Crippen molar-refractivity contribution in [3.8, 4) is 5.88 Å². The van der Waals surface area contributed by atoms with E-state index in [1.165, 1.54) is 11.8 Å². The number of aromatic hydroxyl groups is 1. The molecule has 7 heteroatoms. The maximum atomic E-state index is 11.6. The number of H-pyrrole nitrogens is 1. The number of carbonyl (C=O) groups excluding carboxylic acids is 1. The number of nitrogens with zero attached hydrogens (tertiary/aromatic N) is 2. The molecular formula is C10H15N3O4. The number of hydrogen-bond acceptors (Lipinski definition) is 4. The first-order valence-corrected chi connectivity index (χ1v) is 5.15. The number of aromatic nitrogens is 2. The number of likely N-dealkylation sites (N-methyl/N-ethyl adjacent to an activating group) is 1. The largest absolute Gasteiger partial charge is 0.494 e. The van der Waals surface area contributed by atoms with Crippen LogP contribution in [0, 0.1) is 6.92 Å². The van der Waals surface area contributed by atoms with Crippen molar-refractivity contribution in [2.45, 2.75) is 20.4 Å². The second-order valence-corrected chi connectivity index (χ2v) is 3.70. The lowest BCUT2D eigenvalue weighted by Gasteiger charge is -2.16. The fourth-order valence-electron chi connectivity index (χ4n) is 1.24. The fourth-order valence-corrected chi connectivity index (χ4v) is 1.24. The molecule has 0 fully saturated rings. The molecule has 1 aromatic rings. The highest BCUT2D eigenvalue weighted by Gasteiger charge is 2.14. The number of nitrogens with one attached hydrogen (secondary N) is 1. The molecule has 1 aromatic heterocycles. The van der Waals surface area contributed by atoms with E-state index in [-0.39, 0.29) is 18.0 Å². The molecule has 0 spiro atoms. The third-order valence-corrected chi connectivity index (χ3v) is 2.59. The summed E-state index contributed by atoms with van der Waals surface area (Å²) < 4.78 is 0.839. The smallest absolute Gasteiger partial charge is 0.331 e. The molecule has 2 N–H and O–H groups in total. The maximum Gasteiger partial charge on any atom is 0.331 e. The molecule has 0 radical (unpaired) electrons. The Kier molecular flexibility index (Phi) is 3.72. The summed E-state index contributed by atoms with van der Waals surface area (Å²) in [5.74, 6) is -0.798. The molecule has 0 unspecified atom stereocenters. The number of hydrogen-bond donors (Lipinski definition) is 2. The summed E-state index contributed by atoms with van der Waals surface area (Å²) >= 11 is 0. The van der Waals surface area contributed by atoms with E-state index in [9.17, 15) is 19.5 Å². The predicted molar refractivity (Wildman–Crippen MR) is 61.0 cm³/mol. The van der Waals surface area contributed by atoms with Crippen LogP contribution < -0.4 is 11.2 Å². The van der Waals surface area contributed by atoms with Crippen molar-refractivity contribution < 1.29 is 9.90 Å².